The summed E-state index contributed by atoms with van der Waals surface area (Å²) in [7, 11) is 0. The molecule has 4 rings (SSSR count). The standard InChI is InChI=1S/C28H22O4/c1-18(27(29)30)26(25-15-7-11-20-9-3-5-14-24(20)25)17-22(28(31)32)16-21-12-6-10-19-8-2-4-13-23(19)21/h2-16H,17H2,1H3,(H,29,30)(H,31,32). The highest BCUT2D eigenvalue weighted by atomic mass is 16.4. The Morgan fingerprint density at radius 3 is 1.94 bits per heavy atom. The van der Waals surface area contributed by atoms with Gasteiger partial charge in [-0.1, -0.05) is 84.9 Å². The van der Waals surface area contributed by atoms with Crippen LogP contribution in [0.25, 0.3) is 33.2 Å². The molecular formula is C28H22O4. The highest BCUT2D eigenvalue weighted by Crippen LogP contribution is 2.33. The van der Waals surface area contributed by atoms with Crippen LogP contribution in [-0.2, 0) is 9.59 Å². The molecule has 4 aromatic rings. The molecule has 0 aromatic heterocycles. The molecule has 0 saturated carbocycles. The van der Waals surface area contributed by atoms with E-state index in [1.54, 1.807) is 6.08 Å². The Labute approximate surface area is 185 Å². The number of fused-ring (bicyclic) bond motifs is 2. The molecule has 0 aliphatic rings. The lowest BCUT2D eigenvalue weighted by atomic mass is 9.89. The summed E-state index contributed by atoms with van der Waals surface area (Å²) in [4.78, 5) is 24.1. The van der Waals surface area contributed by atoms with Gasteiger partial charge in [0, 0.05) is 17.6 Å². The van der Waals surface area contributed by atoms with Crippen LogP contribution in [0.15, 0.2) is 96.1 Å². The molecule has 4 heteroatoms. The molecule has 0 heterocycles. The summed E-state index contributed by atoms with van der Waals surface area (Å²) in [6.45, 7) is 1.52. The second kappa shape index (κ2) is 8.90. The van der Waals surface area contributed by atoms with Crippen LogP contribution in [-0.4, -0.2) is 22.2 Å². The van der Waals surface area contributed by atoms with E-state index in [0.717, 1.165) is 32.7 Å². The van der Waals surface area contributed by atoms with Crippen molar-refractivity contribution in [3.05, 3.63) is 107 Å². The molecule has 4 nitrogen and oxygen atoms in total. The Bertz CT molecular complexity index is 1400. The first-order chi connectivity index (χ1) is 15.5. The molecule has 0 aliphatic carbocycles. The zero-order valence-corrected chi connectivity index (χ0v) is 17.6. The molecule has 158 valence electrons. The van der Waals surface area contributed by atoms with Crippen LogP contribution in [0.1, 0.15) is 24.5 Å². The second-order valence-electron chi connectivity index (χ2n) is 7.66. The number of benzene rings is 4. The maximum atomic E-state index is 12.2. The molecule has 0 unspecified atom stereocenters. The Kier molecular flexibility index (Phi) is 5.86. The van der Waals surface area contributed by atoms with Crippen LogP contribution in [0.4, 0.5) is 0 Å². The SMILES string of the molecule is CC(C(=O)O)=C(CC(=Cc1cccc2ccccc12)C(=O)O)c1cccc2ccccc12. The summed E-state index contributed by atoms with van der Waals surface area (Å²) >= 11 is 0. The monoisotopic (exact) mass is 422 g/mol. The Morgan fingerprint density at radius 2 is 1.28 bits per heavy atom. The van der Waals surface area contributed by atoms with Crippen LogP contribution < -0.4 is 0 Å². The quantitative estimate of drug-likeness (QED) is 0.352. The molecule has 0 fully saturated rings. The highest BCUT2D eigenvalue weighted by Gasteiger charge is 2.19. The van der Waals surface area contributed by atoms with Crippen LogP contribution in [0, 0.1) is 0 Å². The van der Waals surface area contributed by atoms with Gasteiger partial charge < -0.3 is 10.2 Å². The second-order valence-corrected chi connectivity index (χ2v) is 7.66. The zero-order valence-electron chi connectivity index (χ0n) is 17.6. The molecule has 4 aromatic carbocycles. The maximum Gasteiger partial charge on any atom is 0.331 e. The number of rotatable bonds is 6. The Morgan fingerprint density at radius 1 is 0.719 bits per heavy atom. The summed E-state index contributed by atoms with van der Waals surface area (Å²) < 4.78 is 0. The van der Waals surface area contributed by atoms with Crippen molar-refractivity contribution in [2.24, 2.45) is 0 Å². The topological polar surface area (TPSA) is 74.6 Å². The van der Waals surface area contributed by atoms with E-state index in [-0.39, 0.29) is 17.6 Å². The van der Waals surface area contributed by atoms with Gasteiger partial charge in [-0.05, 0) is 51.2 Å². The largest absolute Gasteiger partial charge is 0.478 e. The maximum absolute atomic E-state index is 12.2. The van der Waals surface area contributed by atoms with Gasteiger partial charge in [-0.15, -0.1) is 0 Å². The van der Waals surface area contributed by atoms with Crippen molar-refractivity contribution in [3.8, 4) is 0 Å². The van der Waals surface area contributed by atoms with Crippen molar-refractivity contribution in [1.82, 2.24) is 0 Å². The average molecular weight is 422 g/mol. The van der Waals surface area contributed by atoms with Gasteiger partial charge >= 0.3 is 11.9 Å². The lowest BCUT2D eigenvalue weighted by Crippen LogP contribution is -2.07. The summed E-state index contributed by atoms with van der Waals surface area (Å²) in [5.41, 5.74) is 2.26. The van der Waals surface area contributed by atoms with E-state index in [4.69, 9.17) is 0 Å². The van der Waals surface area contributed by atoms with Crippen LogP contribution in [0.2, 0.25) is 0 Å². The van der Waals surface area contributed by atoms with Crippen molar-refractivity contribution in [2.45, 2.75) is 13.3 Å². The molecular weight excluding hydrogens is 400 g/mol. The Hall–Kier alpha value is -4.18. The minimum Gasteiger partial charge on any atom is -0.478 e. The van der Waals surface area contributed by atoms with Gasteiger partial charge in [-0.3, -0.25) is 0 Å². The third-order valence-corrected chi connectivity index (χ3v) is 5.68. The highest BCUT2D eigenvalue weighted by molar-refractivity contribution is 6.05. The average Bonchev–Trinajstić information content (AvgIpc) is 2.81. The first-order valence-corrected chi connectivity index (χ1v) is 10.3. The molecule has 0 amide bonds. The van der Waals surface area contributed by atoms with Gasteiger partial charge in [0.05, 0.1) is 0 Å². The third-order valence-electron chi connectivity index (χ3n) is 5.68. The van der Waals surface area contributed by atoms with E-state index >= 15 is 0 Å². The van der Waals surface area contributed by atoms with Gasteiger partial charge in [-0.25, -0.2) is 9.59 Å². The molecule has 0 radical (unpaired) electrons. The first-order valence-electron chi connectivity index (χ1n) is 10.3. The van der Waals surface area contributed by atoms with Crippen LogP contribution in [0.3, 0.4) is 0 Å². The summed E-state index contributed by atoms with van der Waals surface area (Å²) in [6.07, 6.45) is 1.63. The van der Waals surface area contributed by atoms with E-state index in [1.807, 2.05) is 84.9 Å². The van der Waals surface area contributed by atoms with Gasteiger partial charge in [0.25, 0.3) is 0 Å². The van der Waals surface area contributed by atoms with Crippen LogP contribution in [0.5, 0.6) is 0 Å². The molecule has 32 heavy (non-hydrogen) atoms. The van der Waals surface area contributed by atoms with E-state index in [1.165, 1.54) is 6.92 Å². The number of allylic oxidation sites excluding steroid dienone is 1. The smallest absolute Gasteiger partial charge is 0.331 e. The summed E-state index contributed by atoms with van der Waals surface area (Å²) in [5.74, 6) is -2.14. The summed E-state index contributed by atoms with van der Waals surface area (Å²) in [6, 6.07) is 26.9. The van der Waals surface area contributed by atoms with Crippen molar-refractivity contribution in [2.75, 3.05) is 0 Å². The van der Waals surface area contributed by atoms with Crippen LogP contribution >= 0.6 is 0 Å². The molecule has 0 saturated heterocycles. The minimum atomic E-state index is -1.08. The van der Waals surface area contributed by atoms with Gasteiger partial charge in [0.1, 0.15) is 0 Å². The number of hydrogen-bond donors (Lipinski definition) is 2. The Balaban J connectivity index is 1.89. The van der Waals surface area contributed by atoms with Crippen molar-refractivity contribution in [3.63, 3.8) is 0 Å². The number of hydrogen-bond acceptors (Lipinski definition) is 2. The normalized spacial score (nSPS) is 12.6. The van der Waals surface area contributed by atoms with Crippen molar-refractivity contribution >= 4 is 45.1 Å². The van der Waals surface area contributed by atoms with Gasteiger partial charge in [0.15, 0.2) is 0 Å². The number of carboxylic acid groups (broad SMARTS) is 2. The van der Waals surface area contributed by atoms with E-state index in [9.17, 15) is 19.8 Å². The lowest BCUT2D eigenvalue weighted by molar-refractivity contribution is -0.133. The molecule has 0 atom stereocenters. The van der Waals surface area contributed by atoms with Crippen molar-refractivity contribution in [1.29, 1.82) is 0 Å². The molecule has 2 N–H and O–H groups in total. The lowest BCUT2D eigenvalue weighted by Gasteiger charge is -2.15. The van der Waals surface area contributed by atoms with E-state index < -0.39 is 11.9 Å². The minimum absolute atomic E-state index is 0.00923. The van der Waals surface area contributed by atoms with E-state index in [0.29, 0.717) is 5.57 Å². The molecule has 0 bridgehead atoms. The third kappa shape index (κ3) is 4.16. The molecule has 0 aliphatic heterocycles. The van der Waals surface area contributed by atoms with Gasteiger partial charge in [0.2, 0.25) is 0 Å². The first kappa shape index (κ1) is 21.1. The fourth-order valence-electron chi connectivity index (χ4n) is 3.99. The number of aliphatic carboxylic acids is 2. The number of carbonyl (C=O) groups is 2. The fraction of sp³-hybridized carbons (Fsp3) is 0.0714. The van der Waals surface area contributed by atoms with Gasteiger partial charge in [-0.2, -0.15) is 0 Å². The fourth-order valence-corrected chi connectivity index (χ4v) is 3.99. The molecule has 0 spiro atoms. The predicted molar refractivity (Wildman–Crippen MR) is 128 cm³/mol. The van der Waals surface area contributed by atoms with E-state index in [2.05, 4.69) is 0 Å². The zero-order chi connectivity index (χ0) is 22.7. The summed E-state index contributed by atoms with van der Waals surface area (Å²) in [5, 5.41) is 23.6. The number of carboxylic acids is 2. The predicted octanol–water partition coefficient (Wildman–Crippen LogP) is 6.41. The van der Waals surface area contributed by atoms with Crippen molar-refractivity contribution < 1.29 is 19.8 Å².